The van der Waals surface area contributed by atoms with Crippen molar-refractivity contribution >= 4 is 28.9 Å². The number of anilines is 3. The lowest BCUT2D eigenvalue weighted by Crippen LogP contribution is -2.35. The number of rotatable bonds is 5. The summed E-state index contributed by atoms with van der Waals surface area (Å²) in [7, 11) is 0. The number of carbonyl (C=O) groups is 2. The summed E-state index contributed by atoms with van der Waals surface area (Å²) in [6, 6.07) is 16.6. The maximum Gasteiger partial charge on any atom is 0.240 e. The van der Waals surface area contributed by atoms with Crippen molar-refractivity contribution in [1.29, 1.82) is 5.26 Å². The summed E-state index contributed by atoms with van der Waals surface area (Å²) in [5.41, 5.74) is 1.59. The lowest BCUT2D eigenvalue weighted by molar-refractivity contribution is -0.131. The molecule has 2 aromatic carbocycles. The molecule has 6 heteroatoms. The van der Waals surface area contributed by atoms with Gasteiger partial charge in [-0.15, -0.1) is 0 Å². The lowest BCUT2D eigenvalue weighted by atomic mass is 10.0. The molecular formula is C22H22N4O2. The van der Waals surface area contributed by atoms with Gasteiger partial charge in [0.2, 0.25) is 11.8 Å². The van der Waals surface area contributed by atoms with E-state index in [4.69, 9.17) is 0 Å². The maximum absolute atomic E-state index is 12.8. The van der Waals surface area contributed by atoms with Crippen LogP contribution in [-0.2, 0) is 9.59 Å². The van der Waals surface area contributed by atoms with Gasteiger partial charge in [0.15, 0.2) is 0 Å². The Morgan fingerprint density at radius 1 is 0.929 bits per heavy atom. The third-order valence-electron chi connectivity index (χ3n) is 5.51. The van der Waals surface area contributed by atoms with Crippen LogP contribution in [0.3, 0.4) is 0 Å². The normalized spacial score (nSPS) is 16.9. The largest absolute Gasteiger partial charge is 0.372 e. The van der Waals surface area contributed by atoms with Crippen molar-refractivity contribution in [3.05, 3.63) is 54.1 Å². The first-order valence-electron chi connectivity index (χ1n) is 9.59. The number of carbonyl (C=O) groups excluding carboxylic acids is 2. The summed E-state index contributed by atoms with van der Waals surface area (Å²) in [5.74, 6) is -0.658. The second kappa shape index (κ2) is 7.35. The minimum atomic E-state index is -1.06. The highest BCUT2D eigenvalue weighted by Crippen LogP contribution is 2.47. The molecule has 1 aliphatic heterocycles. The zero-order valence-corrected chi connectivity index (χ0v) is 15.6. The van der Waals surface area contributed by atoms with Gasteiger partial charge in [-0.2, -0.15) is 5.26 Å². The van der Waals surface area contributed by atoms with E-state index < -0.39 is 5.41 Å². The number of nitriles is 1. The Bertz CT molecular complexity index is 936. The van der Waals surface area contributed by atoms with E-state index in [9.17, 15) is 14.9 Å². The Labute approximate surface area is 164 Å². The fourth-order valence-corrected chi connectivity index (χ4v) is 3.60. The fourth-order valence-electron chi connectivity index (χ4n) is 3.60. The Morgan fingerprint density at radius 2 is 1.57 bits per heavy atom. The van der Waals surface area contributed by atoms with Crippen LogP contribution in [0, 0.1) is 16.7 Å². The van der Waals surface area contributed by atoms with Crippen LogP contribution in [0.2, 0.25) is 0 Å². The third kappa shape index (κ3) is 3.44. The van der Waals surface area contributed by atoms with Gasteiger partial charge in [0.25, 0.3) is 0 Å². The van der Waals surface area contributed by atoms with Crippen molar-refractivity contribution in [2.24, 2.45) is 5.41 Å². The summed E-state index contributed by atoms with van der Waals surface area (Å²) in [6.07, 6.45) is 3.44. The van der Waals surface area contributed by atoms with Crippen molar-refractivity contribution in [1.82, 2.24) is 0 Å². The number of hydrogen-bond donors (Lipinski definition) is 2. The Hall–Kier alpha value is -3.33. The van der Waals surface area contributed by atoms with Crippen LogP contribution in [0.15, 0.2) is 48.5 Å². The smallest absolute Gasteiger partial charge is 0.240 e. The molecule has 142 valence electrons. The third-order valence-corrected chi connectivity index (χ3v) is 5.51. The summed E-state index contributed by atoms with van der Waals surface area (Å²) in [4.78, 5) is 27.8. The van der Waals surface area contributed by atoms with Crippen LogP contribution in [-0.4, -0.2) is 24.9 Å². The molecule has 2 aliphatic rings. The van der Waals surface area contributed by atoms with E-state index in [0.29, 0.717) is 29.8 Å². The van der Waals surface area contributed by atoms with Crippen molar-refractivity contribution in [2.75, 3.05) is 28.6 Å². The first kappa shape index (κ1) is 18.1. The van der Waals surface area contributed by atoms with E-state index in [1.807, 2.05) is 24.3 Å². The average Bonchev–Trinajstić information content (AvgIpc) is 3.36. The Kier molecular flexibility index (Phi) is 4.74. The van der Waals surface area contributed by atoms with Crippen molar-refractivity contribution in [3.8, 4) is 6.07 Å². The Morgan fingerprint density at radius 3 is 2.21 bits per heavy atom. The molecule has 1 aliphatic carbocycles. The van der Waals surface area contributed by atoms with Crippen LogP contribution < -0.4 is 15.5 Å². The topological polar surface area (TPSA) is 85.2 Å². The van der Waals surface area contributed by atoms with E-state index >= 15 is 0 Å². The zero-order chi connectivity index (χ0) is 19.6. The predicted molar refractivity (Wildman–Crippen MR) is 108 cm³/mol. The number of benzene rings is 2. The number of nitrogens with one attached hydrogen (secondary N) is 2. The average molecular weight is 374 g/mol. The van der Waals surface area contributed by atoms with Crippen LogP contribution >= 0.6 is 0 Å². The van der Waals surface area contributed by atoms with Gasteiger partial charge >= 0.3 is 0 Å². The van der Waals surface area contributed by atoms with E-state index in [-0.39, 0.29) is 11.8 Å². The molecule has 1 heterocycles. The SMILES string of the molecule is N#Cc1ccccc1NC(=O)C1(C(=O)Nc2ccc(N3CCCC3)cc2)CC1. The molecule has 2 aromatic rings. The molecule has 2 amide bonds. The van der Waals surface area contributed by atoms with Gasteiger partial charge in [-0.3, -0.25) is 9.59 Å². The van der Waals surface area contributed by atoms with Gasteiger partial charge in [-0.05, 0) is 62.1 Å². The molecule has 0 radical (unpaired) electrons. The van der Waals surface area contributed by atoms with E-state index in [1.165, 1.54) is 12.8 Å². The molecule has 0 bridgehead atoms. The molecule has 6 nitrogen and oxygen atoms in total. The maximum atomic E-state index is 12.8. The van der Waals surface area contributed by atoms with Crippen molar-refractivity contribution in [2.45, 2.75) is 25.7 Å². The highest BCUT2D eigenvalue weighted by molar-refractivity contribution is 6.17. The van der Waals surface area contributed by atoms with Crippen LogP contribution in [0.25, 0.3) is 0 Å². The minimum Gasteiger partial charge on any atom is -0.372 e. The molecule has 2 N–H and O–H groups in total. The second-order valence-corrected chi connectivity index (χ2v) is 7.39. The monoisotopic (exact) mass is 374 g/mol. The van der Waals surface area contributed by atoms with Crippen molar-refractivity contribution in [3.63, 3.8) is 0 Å². The number of hydrogen-bond acceptors (Lipinski definition) is 4. The fraction of sp³-hybridized carbons (Fsp3) is 0.318. The van der Waals surface area contributed by atoms with E-state index in [0.717, 1.165) is 18.8 Å². The van der Waals surface area contributed by atoms with E-state index in [2.05, 4.69) is 21.6 Å². The van der Waals surface area contributed by atoms with E-state index in [1.54, 1.807) is 24.3 Å². The number of amides is 2. The molecule has 0 atom stereocenters. The number of nitrogens with zero attached hydrogens (tertiary/aromatic N) is 2. The van der Waals surface area contributed by atoms with Crippen LogP contribution in [0.5, 0.6) is 0 Å². The second-order valence-electron chi connectivity index (χ2n) is 7.39. The Balaban J connectivity index is 1.42. The first-order valence-corrected chi connectivity index (χ1v) is 9.59. The molecular weight excluding hydrogens is 352 g/mol. The van der Waals surface area contributed by atoms with Crippen molar-refractivity contribution < 1.29 is 9.59 Å². The zero-order valence-electron chi connectivity index (χ0n) is 15.6. The summed E-state index contributed by atoms with van der Waals surface area (Å²) in [6.45, 7) is 2.14. The molecule has 0 spiro atoms. The lowest BCUT2D eigenvalue weighted by Gasteiger charge is -2.19. The summed E-state index contributed by atoms with van der Waals surface area (Å²) in [5, 5.41) is 14.8. The van der Waals surface area contributed by atoms with Gasteiger partial charge in [-0.1, -0.05) is 12.1 Å². The molecule has 0 aromatic heterocycles. The predicted octanol–water partition coefficient (Wildman–Crippen LogP) is 3.52. The highest BCUT2D eigenvalue weighted by Gasteiger charge is 2.56. The highest BCUT2D eigenvalue weighted by atomic mass is 16.2. The molecule has 1 saturated carbocycles. The molecule has 4 rings (SSSR count). The van der Waals surface area contributed by atoms with Crippen LogP contribution in [0.1, 0.15) is 31.2 Å². The van der Waals surface area contributed by atoms with Crippen LogP contribution in [0.4, 0.5) is 17.1 Å². The van der Waals surface area contributed by atoms with Gasteiger partial charge in [0.1, 0.15) is 11.5 Å². The van der Waals surface area contributed by atoms with Gasteiger partial charge in [-0.25, -0.2) is 0 Å². The summed E-state index contributed by atoms with van der Waals surface area (Å²) < 4.78 is 0. The molecule has 1 saturated heterocycles. The van der Waals surface area contributed by atoms with Gasteiger partial charge in [0, 0.05) is 24.5 Å². The molecule has 0 unspecified atom stereocenters. The number of para-hydroxylation sites is 1. The summed E-state index contributed by atoms with van der Waals surface area (Å²) >= 11 is 0. The quantitative estimate of drug-likeness (QED) is 0.784. The first-order chi connectivity index (χ1) is 13.6. The standard InChI is InChI=1S/C22H22N4O2/c23-15-16-5-1-2-6-19(16)25-21(28)22(11-12-22)20(27)24-17-7-9-18(10-8-17)26-13-3-4-14-26/h1-2,5-10H,3-4,11-14H2,(H,24,27)(H,25,28). The minimum absolute atomic E-state index is 0.298. The molecule has 28 heavy (non-hydrogen) atoms. The van der Waals surface area contributed by atoms with Gasteiger partial charge < -0.3 is 15.5 Å². The van der Waals surface area contributed by atoms with Gasteiger partial charge in [0.05, 0.1) is 11.3 Å². The molecule has 2 fully saturated rings.